The fourth-order valence-corrected chi connectivity index (χ4v) is 6.19. The van der Waals surface area contributed by atoms with Crippen LogP contribution in [0, 0.1) is 0 Å². The summed E-state index contributed by atoms with van der Waals surface area (Å²) in [6.45, 7) is 0.407. The van der Waals surface area contributed by atoms with Crippen molar-refractivity contribution in [2.45, 2.75) is 17.6 Å². The minimum Gasteiger partial charge on any atom is -0.497 e. The summed E-state index contributed by atoms with van der Waals surface area (Å²) in [5, 5.41) is 0.492. The number of alkyl halides is 3. The Labute approximate surface area is 214 Å². The van der Waals surface area contributed by atoms with Crippen molar-refractivity contribution in [3.63, 3.8) is 0 Å². The first-order chi connectivity index (χ1) is 17.1. The van der Waals surface area contributed by atoms with Crippen molar-refractivity contribution < 1.29 is 27.5 Å². The Morgan fingerprint density at radius 3 is 2.42 bits per heavy atom. The lowest BCUT2D eigenvalue weighted by Gasteiger charge is -2.33. The molecule has 2 amide bonds. The van der Waals surface area contributed by atoms with Crippen LogP contribution in [0.3, 0.4) is 0 Å². The number of halogens is 4. The highest BCUT2D eigenvalue weighted by Gasteiger charge is 2.59. The number of rotatable bonds is 4. The Balaban J connectivity index is 1.55. The number of nitrogens with zero attached hydrogens (tertiary/aromatic N) is 2. The zero-order valence-corrected chi connectivity index (χ0v) is 20.6. The molecule has 0 bridgehead atoms. The SMILES string of the molecule is COc1ccc2c(c1)[C@@]1(SCCN1C(=O)c1ccc(Cl)cc1)C(=O)N2Cc1ccc(C(F)(F)F)cc1. The summed E-state index contributed by atoms with van der Waals surface area (Å²) in [5.74, 6) is 0.435. The van der Waals surface area contributed by atoms with Crippen molar-refractivity contribution in [2.24, 2.45) is 0 Å². The standard InChI is InChI=1S/C26H20ClF3N2O3S/c1-35-20-10-11-22-21(14-20)25(32(12-13-36-25)23(33)17-4-8-19(27)9-5-17)24(34)31(22)15-16-2-6-18(7-3-16)26(28,29)30/h2-11,14H,12-13,15H2,1H3/t25-/m1/s1. The van der Waals surface area contributed by atoms with E-state index < -0.39 is 16.6 Å². The zero-order chi connectivity index (χ0) is 25.7. The number of anilines is 1. The molecule has 0 aliphatic carbocycles. The summed E-state index contributed by atoms with van der Waals surface area (Å²) in [7, 11) is 1.52. The van der Waals surface area contributed by atoms with Crippen LogP contribution in [0.2, 0.25) is 5.02 Å². The molecule has 1 spiro atoms. The normalized spacial score (nSPS) is 19.2. The van der Waals surface area contributed by atoms with Gasteiger partial charge in [0.2, 0.25) is 0 Å². The Hall–Kier alpha value is -3.17. The van der Waals surface area contributed by atoms with E-state index in [0.717, 1.165) is 12.1 Å². The summed E-state index contributed by atoms with van der Waals surface area (Å²) >= 11 is 7.35. The van der Waals surface area contributed by atoms with Crippen LogP contribution in [0.25, 0.3) is 0 Å². The molecule has 1 atom stereocenters. The molecule has 2 heterocycles. The smallest absolute Gasteiger partial charge is 0.416 e. The van der Waals surface area contributed by atoms with Gasteiger partial charge < -0.3 is 14.5 Å². The van der Waals surface area contributed by atoms with Gasteiger partial charge in [-0.05, 0) is 60.2 Å². The van der Waals surface area contributed by atoms with E-state index in [2.05, 4.69) is 0 Å². The molecular weight excluding hydrogens is 513 g/mol. The molecule has 36 heavy (non-hydrogen) atoms. The van der Waals surface area contributed by atoms with E-state index in [9.17, 15) is 22.8 Å². The molecule has 0 saturated carbocycles. The summed E-state index contributed by atoms with van der Waals surface area (Å²) in [5.41, 5.74) is 1.38. The lowest BCUT2D eigenvalue weighted by atomic mass is 10.0. The lowest BCUT2D eigenvalue weighted by molar-refractivity contribution is -0.137. The van der Waals surface area contributed by atoms with E-state index in [1.54, 1.807) is 47.4 Å². The highest BCUT2D eigenvalue weighted by Crippen LogP contribution is 2.55. The van der Waals surface area contributed by atoms with Crippen LogP contribution < -0.4 is 9.64 Å². The van der Waals surface area contributed by atoms with Crippen LogP contribution in [0.4, 0.5) is 18.9 Å². The van der Waals surface area contributed by atoms with Gasteiger partial charge >= 0.3 is 6.18 Å². The molecule has 3 aromatic rings. The van der Waals surface area contributed by atoms with E-state index in [1.807, 2.05) is 0 Å². The number of ether oxygens (including phenoxy) is 1. The number of hydrogen-bond acceptors (Lipinski definition) is 4. The van der Waals surface area contributed by atoms with Crippen LogP contribution in [0.15, 0.2) is 66.7 Å². The van der Waals surface area contributed by atoms with Crippen molar-refractivity contribution in [1.82, 2.24) is 4.90 Å². The summed E-state index contributed by atoms with van der Waals surface area (Å²) in [6, 6.07) is 16.4. The molecule has 10 heteroatoms. The first-order valence-electron chi connectivity index (χ1n) is 11.0. The van der Waals surface area contributed by atoms with E-state index in [-0.39, 0.29) is 18.4 Å². The summed E-state index contributed by atoms with van der Waals surface area (Å²) in [6.07, 6.45) is -4.45. The average molecular weight is 533 g/mol. The molecule has 0 aromatic heterocycles. The maximum absolute atomic E-state index is 14.1. The van der Waals surface area contributed by atoms with Crippen LogP contribution in [-0.2, 0) is 22.4 Å². The largest absolute Gasteiger partial charge is 0.497 e. The van der Waals surface area contributed by atoms with Gasteiger partial charge in [-0.15, -0.1) is 11.8 Å². The van der Waals surface area contributed by atoms with E-state index >= 15 is 0 Å². The van der Waals surface area contributed by atoms with Gasteiger partial charge in [-0.3, -0.25) is 9.59 Å². The number of carbonyl (C=O) groups excluding carboxylic acids is 2. The summed E-state index contributed by atoms with van der Waals surface area (Å²) in [4.78, 5) is 29.4. The molecule has 1 saturated heterocycles. The molecule has 5 rings (SSSR count). The third-order valence-corrected chi connectivity index (χ3v) is 8.03. The monoisotopic (exact) mass is 532 g/mol. The van der Waals surface area contributed by atoms with E-state index in [4.69, 9.17) is 16.3 Å². The fraction of sp³-hybridized carbons (Fsp3) is 0.231. The second-order valence-corrected chi connectivity index (χ2v) is 10.1. The van der Waals surface area contributed by atoms with Crippen molar-refractivity contribution in [2.75, 3.05) is 24.3 Å². The Kier molecular flexibility index (Phi) is 6.16. The maximum atomic E-state index is 14.1. The predicted molar refractivity (Wildman–Crippen MR) is 132 cm³/mol. The molecule has 2 aliphatic rings. The van der Waals surface area contributed by atoms with Crippen LogP contribution in [0.1, 0.15) is 27.0 Å². The first kappa shape index (κ1) is 24.5. The number of fused-ring (bicyclic) bond motifs is 2. The molecule has 5 nitrogen and oxygen atoms in total. The number of benzene rings is 3. The number of methoxy groups -OCH3 is 1. The minimum absolute atomic E-state index is 0.0571. The van der Waals surface area contributed by atoms with Crippen molar-refractivity contribution in [1.29, 1.82) is 0 Å². The van der Waals surface area contributed by atoms with Gasteiger partial charge in [0.05, 0.1) is 24.9 Å². The molecular formula is C26H20ClF3N2O3S. The number of thioether (sulfide) groups is 1. The van der Waals surface area contributed by atoms with Gasteiger partial charge in [-0.1, -0.05) is 23.7 Å². The molecule has 0 radical (unpaired) electrons. The summed E-state index contributed by atoms with van der Waals surface area (Å²) < 4.78 is 44.4. The van der Waals surface area contributed by atoms with Crippen molar-refractivity contribution in [3.8, 4) is 5.75 Å². The van der Waals surface area contributed by atoms with Crippen LogP contribution >= 0.6 is 23.4 Å². The van der Waals surface area contributed by atoms with Gasteiger partial charge in [0.15, 0.2) is 4.87 Å². The molecule has 3 aromatic carbocycles. The van der Waals surface area contributed by atoms with Crippen molar-refractivity contribution >= 4 is 40.9 Å². The predicted octanol–water partition coefficient (Wildman–Crippen LogP) is 5.96. The number of amides is 2. The Morgan fingerprint density at radius 1 is 1.08 bits per heavy atom. The quantitative estimate of drug-likeness (QED) is 0.416. The molecule has 0 unspecified atom stereocenters. The van der Waals surface area contributed by atoms with Crippen LogP contribution in [-0.4, -0.2) is 36.1 Å². The van der Waals surface area contributed by atoms with Gasteiger partial charge in [0.25, 0.3) is 11.8 Å². The number of hydrogen-bond donors (Lipinski definition) is 0. The van der Waals surface area contributed by atoms with E-state index in [0.29, 0.717) is 45.4 Å². The molecule has 1 fully saturated rings. The number of carbonyl (C=O) groups is 2. The van der Waals surface area contributed by atoms with Gasteiger partial charge in [0, 0.05) is 28.4 Å². The first-order valence-corrected chi connectivity index (χ1v) is 12.4. The second-order valence-electron chi connectivity index (χ2n) is 8.43. The highest BCUT2D eigenvalue weighted by molar-refractivity contribution is 8.01. The maximum Gasteiger partial charge on any atom is 0.416 e. The molecule has 0 N–H and O–H groups in total. The fourth-order valence-electron chi connectivity index (χ4n) is 4.61. The Bertz CT molecular complexity index is 1330. The second kappa shape index (κ2) is 9.05. The lowest BCUT2D eigenvalue weighted by Crippen LogP contribution is -2.50. The third kappa shape index (κ3) is 4.00. The van der Waals surface area contributed by atoms with Crippen molar-refractivity contribution in [3.05, 3.63) is 94.0 Å². The third-order valence-electron chi connectivity index (χ3n) is 6.36. The van der Waals surface area contributed by atoms with E-state index in [1.165, 1.54) is 35.9 Å². The van der Waals surface area contributed by atoms with Gasteiger partial charge in [-0.25, -0.2) is 0 Å². The van der Waals surface area contributed by atoms with Gasteiger partial charge in [0.1, 0.15) is 5.75 Å². The topological polar surface area (TPSA) is 49.9 Å². The Morgan fingerprint density at radius 2 is 1.78 bits per heavy atom. The van der Waals surface area contributed by atoms with Gasteiger partial charge in [-0.2, -0.15) is 13.2 Å². The zero-order valence-electron chi connectivity index (χ0n) is 19.0. The minimum atomic E-state index is -4.45. The average Bonchev–Trinajstić information content (AvgIpc) is 3.40. The van der Waals surface area contributed by atoms with Crippen LogP contribution in [0.5, 0.6) is 5.75 Å². The molecule has 186 valence electrons. The molecule has 2 aliphatic heterocycles. The highest BCUT2D eigenvalue weighted by atomic mass is 35.5.